The highest BCUT2D eigenvalue weighted by molar-refractivity contribution is 5.66. The van der Waals surface area contributed by atoms with Crippen LogP contribution in [-0.2, 0) is 6.54 Å². The Labute approximate surface area is 153 Å². The van der Waals surface area contributed by atoms with Crippen molar-refractivity contribution in [3.05, 3.63) is 78.1 Å². The Morgan fingerprint density at radius 1 is 1.04 bits per heavy atom. The predicted octanol–water partition coefficient (Wildman–Crippen LogP) is 4.64. The lowest BCUT2D eigenvalue weighted by atomic mass is 9.99. The number of hydrogen-bond donors (Lipinski definition) is 0. The lowest BCUT2D eigenvalue weighted by Crippen LogP contribution is -2.27. The molecule has 0 saturated carbocycles. The van der Waals surface area contributed by atoms with E-state index in [1.807, 2.05) is 30.3 Å². The Balaban J connectivity index is 1.39. The topological polar surface area (TPSA) is 38.5 Å². The summed E-state index contributed by atoms with van der Waals surface area (Å²) in [5.41, 5.74) is 4.65. The van der Waals surface area contributed by atoms with Crippen LogP contribution in [0.5, 0.6) is 5.75 Å². The van der Waals surface area contributed by atoms with Crippen LogP contribution in [0.15, 0.2) is 71.3 Å². The van der Waals surface area contributed by atoms with Crippen LogP contribution in [0.4, 0.5) is 0 Å². The first-order valence-electron chi connectivity index (χ1n) is 8.88. The zero-order valence-corrected chi connectivity index (χ0v) is 14.9. The summed E-state index contributed by atoms with van der Waals surface area (Å²) in [6, 6.07) is 20.5. The Hall–Kier alpha value is -2.85. The van der Waals surface area contributed by atoms with E-state index in [1.54, 1.807) is 7.11 Å². The SMILES string of the molecule is COc1ccc(-c2cc(CN3CC=C(c4ccccc4)CC3)on2)cc1. The average Bonchev–Trinajstić information content (AvgIpc) is 3.18. The third-order valence-electron chi connectivity index (χ3n) is 4.76. The van der Waals surface area contributed by atoms with E-state index in [-0.39, 0.29) is 0 Å². The summed E-state index contributed by atoms with van der Waals surface area (Å²) in [6.45, 7) is 2.74. The molecule has 2 aromatic carbocycles. The molecule has 0 unspecified atom stereocenters. The normalized spacial score (nSPS) is 14.9. The first kappa shape index (κ1) is 16.6. The number of nitrogens with zero attached hydrogens (tertiary/aromatic N) is 2. The Kier molecular flexibility index (Phi) is 4.84. The molecule has 0 saturated heterocycles. The molecule has 0 fully saturated rings. The van der Waals surface area contributed by atoms with Gasteiger partial charge in [0, 0.05) is 24.7 Å². The minimum absolute atomic E-state index is 0.779. The number of rotatable bonds is 5. The largest absolute Gasteiger partial charge is 0.497 e. The van der Waals surface area contributed by atoms with Crippen molar-refractivity contribution < 1.29 is 9.26 Å². The molecule has 0 bridgehead atoms. The third-order valence-corrected chi connectivity index (χ3v) is 4.76. The number of methoxy groups -OCH3 is 1. The van der Waals surface area contributed by atoms with Gasteiger partial charge in [0.15, 0.2) is 5.76 Å². The first-order chi connectivity index (χ1) is 12.8. The Morgan fingerprint density at radius 2 is 1.85 bits per heavy atom. The molecule has 0 N–H and O–H groups in total. The third kappa shape index (κ3) is 3.70. The fourth-order valence-electron chi connectivity index (χ4n) is 3.27. The Bertz CT molecular complexity index is 882. The molecule has 2 heterocycles. The van der Waals surface area contributed by atoms with Gasteiger partial charge in [0.2, 0.25) is 0 Å². The molecule has 0 amide bonds. The van der Waals surface area contributed by atoms with Gasteiger partial charge in [-0.3, -0.25) is 4.90 Å². The molecular formula is C22H22N2O2. The molecule has 1 aromatic heterocycles. The molecule has 4 heteroatoms. The molecule has 132 valence electrons. The monoisotopic (exact) mass is 346 g/mol. The van der Waals surface area contributed by atoms with Gasteiger partial charge in [0.1, 0.15) is 11.4 Å². The van der Waals surface area contributed by atoms with Crippen molar-refractivity contribution in [2.24, 2.45) is 0 Å². The zero-order valence-electron chi connectivity index (χ0n) is 14.9. The van der Waals surface area contributed by atoms with Crippen LogP contribution in [0.1, 0.15) is 17.7 Å². The van der Waals surface area contributed by atoms with E-state index in [0.29, 0.717) is 0 Å². The van der Waals surface area contributed by atoms with Crippen LogP contribution in [0.3, 0.4) is 0 Å². The molecule has 3 aromatic rings. The maximum absolute atomic E-state index is 5.55. The van der Waals surface area contributed by atoms with E-state index in [2.05, 4.69) is 46.5 Å². The van der Waals surface area contributed by atoms with Gasteiger partial charge in [-0.25, -0.2) is 0 Å². The molecule has 0 atom stereocenters. The number of hydrogen-bond acceptors (Lipinski definition) is 4. The molecule has 0 spiro atoms. The van der Waals surface area contributed by atoms with Crippen LogP contribution < -0.4 is 4.74 Å². The van der Waals surface area contributed by atoms with Crippen molar-refractivity contribution in [2.75, 3.05) is 20.2 Å². The maximum Gasteiger partial charge on any atom is 0.151 e. The van der Waals surface area contributed by atoms with E-state index < -0.39 is 0 Å². The highest BCUT2D eigenvalue weighted by Gasteiger charge is 2.15. The van der Waals surface area contributed by atoms with Crippen molar-refractivity contribution in [2.45, 2.75) is 13.0 Å². The van der Waals surface area contributed by atoms with E-state index in [0.717, 1.165) is 48.8 Å². The van der Waals surface area contributed by atoms with E-state index in [9.17, 15) is 0 Å². The van der Waals surface area contributed by atoms with Crippen LogP contribution in [0, 0.1) is 0 Å². The van der Waals surface area contributed by atoms with Gasteiger partial charge in [-0.1, -0.05) is 41.6 Å². The van der Waals surface area contributed by atoms with Crippen LogP contribution in [-0.4, -0.2) is 30.3 Å². The smallest absolute Gasteiger partial charge is 0.151 e. The average molecular weight is 346 g/mol. The number of aromatic nitrogens is 1. The number of benzene rings is 2. The fourth-order valence-corrected chi connectivity index (χ4v) is 3.27. The van der Waals surface area contributed by atoms with Gasteiger partial charge in [-0.2, -0.15) is 0 Å². The number of ether oxygens (including phenoxy) is 1. The highest BCUT2D eigenvalue weighted by atomic mass is 16.5. The minimum atomic E-state index is 0.779. The second kappa shape index (κ2) is 7.58. The van der Waals surface area contributed by atoms with Gasteiger partial charge >= 0.3 is 0 Å². The first-order valence-corrected chi connectivity index (χ1v) is 8.88. The summed E-state index contributed by atoms with van der Waals surface area (Å²) in [6.07, 6.45) is 3.38. The van der Waals surface area contributed by atoms with Crippen molar-refractivity contribution in [1.29, 1.82) is 0 Å². The summed E-state index contributed by atoms with van der Waals surface area (Å²) in [4.78, 5) is 2.38. The van der Waals surface area contributed by atoms with Gasteiger partial charge in [-0.15, -0.1) is 0 Å². The summed E-state index contributed by atoms with van der Waals surface area (Å²) in [5.74, 6) is 1.74. The molecule has 1 aliphatic heterocycles. The van der Waals surface area contributed by atoms with Crippen LogP contribution >= 0.6 is 0 Å². The summed E-state index contributed by atoms with van der Waals surface area (Å²) in [5, 5.41) is 4.21. The minimum Gasteiger partial charge on any atom is -0.497 e. The molecule has 1 aliphatic rings. The fraction of sp³-hybridized carbons (Fsp3) is 0.227. The van der Waals surface area contributed by atoms with E-state index in [4.69, 9.17) is 9.26 Å². The second-order valence-electron chi connectivity index (χ2n) is 6.49. The Morgan fingerprint density at radius 3 is 2.54 bits per heavy atom. The standard InChI is InChI=1S/C22H22N2O2/c1-25-20-9-7-19(8-10-20)22-15-21(26-23-22)16-24-13-11-18(12-14-24)17-5-3-2-4-6-17/h2-11,15H,12-14,16H2,1H3. The van der Waals surface area contributed by atoms with Gasteiger partial charge in [0.05, 0.1) is 13.7 Å². The summed E-state index contributed by atoms with van der Waals surface area (Å²) >= 11 is 0. The second-order valence-corrected chi connectivity index (χ2v) is 6.49. The molecule has 4 rings (SSSR count). The molecular weight excluding hydrogens is 324 g/mol. The molecule has 4 nitrogen and oxygen atoms in total. The van der Waals surface area contributed by atoms with Crippen LogP contribution in [0.2, 0.25) is 0 Å². The van der Waals surface area contributed by atoms with Crippen molar-refractivity contribution in [1.82, 2.24) is 10.1 Å². The lowest BCUT2D eigenvalue weighted by molar-refractivity contribution is 0.251. The summed E-state index contributed by atoms with van der Waals surface area (Å²) < 4.78 is 10.7. The van der Waals surface area contributed by atoms with Crippen molar-refractivity contribution in [3.63, 3.8) is 0 Å². The van der Waals surface area contributed by atoms with Gasteiger partial charge in [-0.05, 0) is 41.8 Å². The van der Waals surface area contributed by atoms with Crippen LogP contribution in [0.25, 0.3) is 16.8 Å². The predicted molar refractivity (Wildman–Crippen MR) is 103 cm³/mol. The quantitative estimate of drug-likeness (QED) is 0.675. The van der Waals surface area contributed by atoms with E-state index >= 15 is 0 Å². The van der Waals surface area contributed by atoms with Gasteiger partial charge in [0.25, 0.3) is 0 Å². The highest BCUT2D eigenvalue weighted by Crippen LogP contribution is 2.25. The van der Waals surface area contributed by atoms with Gasteiger partial charge < -0.3 is 9.26 Å². The lowest BCUT2D eigenvalue weighted by Gasteiger charge is -2.25. The van der Waals surface area contributed by atoms with Crippen molar-refractivity contribution in [3.8, 4) is 17.0 Å². The summed E-state index contributed by atoms with van der Waals surface area (Å²) in [7, 11) is 1.67. The van der Waals surface area contributed by atoms with E-state index in [1.165, 1.54) is 11.1 Å². The molecule has 0 radical (unpaired) electrons. The zero-order chi connectivity index (χ0) is 17.8. The molecule has 0 aliphatic carbocycles. The molecule has 26 heavy (non-hydrogen) atoms. The maximum atomic E-state index is 5.55. The van der Waals surface area contributed by atoms with Crippen molar-refractivity contribution >= 4 is 5.57 Å².